The van der Waals surface area contributed by atoms with Crippen LogP contribution in [-0.2, 0) is 4.79 Å². The number of carboxylic acids is 1. The summed E-state index contributed by atoms with van der Waals surface area (Å²) in [6.45, 7) is 0.720. The van der Waals surface area contributed by atoms with Crippen molar-refractivity contribution in [2.75, 3.05) is 6.61 Å². The maximum atomic E-state index is 11.9. The Kier molecular flexibility index (Phi) is 4.51. The van der Waals surface area contributed by atoms with Gasteiger partial charge in [-0.3, -0.25) is 4.79 Å². The molecule has 2 aliphatic carbocycles. The number of aromatic nitrogens is 2. The second kappa shape index (κ2) is 7.17. The molecule has 1 aromatic heterocycles. The lowest BCUT2D eigenvalue weighted by Gasteiger charge is -2.17. The molecule has 2 fully saturated rings. The molecule has 28 heavy (non-hydrogen) atoms. The van der Waals surface area contributed by atoms with Crippen LogP contribution in [0.25, 0.3) is 22.2 Å². The number of carboxylic acid groups (broad SMARTS) is 1. The largest absolute Gasteiger partial charge is 0.493 e. The first-order valence-corrected chi connectivity index (χ1v) is 10.6. The monoisotopic (exact) mass is 394 g/mol. The highest BCUT2D eigenvalue weighted by atomic mass is 32.1. The predicted molar refractivity (Wildman–Crippen MR) is 109 cm³/mol. The van der Waals surface area contributed by atoms with E-state index in [1.165, 1.54) is 24.6 Å². The number of nitrogens with zero attached hydrogens (tertiary/aromatic N) is 2. The first-order chi connectivity index (χ1) is 13.7. The molecule has 0 bridgehead atoms. The van der Waals surface area contributed by atoms with Crippen LogP contribution in [0.15, 0.2) is 36.4 Å². The van der Waals surface area contributed by atoms with Crippen LogP contribution in [0.1, 0.15) is 43.6 Å². The fourth-order valence-electron chi connectivity index (χ4n) is 3.62. The Bertz CT molecular complexity index is 1020. The van der Waals surface area contributed by atoms with Gasteiger partial charge in [-0.25, -0.2) is 0 Å². The second-order valence-corrected chi connectivity index (χ2v) is 8.58. The molecule has 2 aromatic carbocycles. The Balaban J connectivity index is 1.54. The summed E-state index contributed by atoms with van der Waals surface area (Å²) in [5.74, 6) is 0.804. The number of carbonyl (C=O) groups is 1. The highest BCUT2D eigenvalue weighted by molar-refractivity contribution is 7.00. The molecule has 0 spiro atoms. The van der Waals surface area contributed by atoms with Gasteiger partial charge in [0.15, 0.2) is 0 Å². The van der Waals surface area contributed by atoms with Gasteiger partial charge in [0.05, 0.1) is 24.3 Å². The van der Waals surface area contributed by atoms with Gasteiger partial charge >= 0.3 is 5.97 Å². The molecule has 1 heterocycles. The van der Waals surface area contributed by atoms with Crippen LogP contribution in [0, 0.1) is 11.8 Å². The van der Waals surface area contributed by atoms with Gasteiger partial charge < -0.3 is 9.84 Å². The molecule has 2 saturated carbocycles. The second-order valence-electron chi connectivity index (χ2n) is 8.05. The van der Waals surface area contributed by atoms with Gasteiger partial charge in [0.2, 0.25) is 0 Å². The average Bonchev–Trinajstić information content (AvgIpc) is 3.63. The van der Waals surface area contributed by atoms with E-state index in [1.807, 2.05) is 36.4 Å². The minimum Gasteiger partial charge on any atom is -0.493 e. The van der Waals surface area contributed by atoms with Crippen molar-refractivity contribution in [2.24, 2.45) is 11.8 Å². The molecule has 5 rings (SSSR count). The van der Waals surface area contributed by atoms with E-state index in [-0.39, 0.29) is 0 Å². The number of hydrogen-bond donors (Lipinski definition) is 1. The third-order valence-electron chi connectivity index (χ3n) is 5.71. The lowest BCUT2D eigenvalue weighted by Crippen LogP contribution is -2.13. The molecular weight excluding hydrogens is 372 g/mol. The van der Waals surface area contributed by atoms with Gasteiger partial charge in [-0.1, -0.05) is 25.0 Å². The summed E-state index contributed by atoms with van der Waals surface area (Å²) in [6, 6.07) is 11.9. The summed E-state index contributed by atoms with van der Waals surface area (Å²) in [5.41, 5.74) is 4.51. The minimum absolute atomic E-state index is 0.464. The predicted octanol–water partition coefficient (Wildman–Crippen LogP) is 5.12. The van der Waals surface area contributed by atoms with Gasteiger partial charge in [-0.15, -0.1) is 0 Å². The van der Waals surface area contributed by atoms with Crippen molar-refractivity contribution < 1.29 is 14.6 Å². The van der Waals surface area contributed by atoms with Gasteiger partial charge in [0.1, 0.15) is 16.8 Å². The maximum absolute atomic E-state index is 11.9. The summed E-state index contributed by atoms with van der Waals surface area (Å²) in [6.07, 6.45) is 5.46. The van der Waals surface area contributed by atoms with Crippen molar-refractivity contribution in [3.05, 3.63) is 42.0 Å². The van der Waals surface area contributed by atoms with E-state index in [4.69, 9.17) is 4.74 Å². The molecule has 144 valence electrons. The van der Waals surface area contributed by atoms with Gasteiger partial charge in [-0.05, 0) is 66.5 Å². The Morgan fingerprint density at radius 1 is 1.07 bits per heavy atom. The Labute approximate surface area is 167 Å². The van der Waals surface area contributed by atoms with Crippen LogP contribution >= 0.6 is 11.7 Å². The summed E-state index contributed by atoms with van der Waals surface area (Å²) in [5, 5.41) is 9.78. The van der Waals surface area contributed by atoms with Gasteiger partial charge in [0.25, 0.3) is 0 Å². The molecule has 0 aliphatic heterocycles. The summed E-state index contributed by atoms with van der Waals surface area (Å²) >= 11 is 1.20. The standard InChI is InChI=1S/C22H22N2O3S/c25-22(26)18(9-13-1-2-13)15-6-8-21(27-12-14-3-4-14)17(10-15)16-5-7-19-20(11-16)24-28-23-19/h5-8,10-11,13-14,18H,1-4,9,12H2,(H,25,26). The minimum atomic E-state index is -0.747. The molecule has 0 amide bonds. The van der Waals surface area contributed by atoms with Crippen molar-refractivity contribution in [2.45, 2.75) is 38.0 Å². The van der Waals surface area contributed by atoms with Crippen LogP contribution in [0.4, 0.5) is 0 Å². The van der Waals surface area contributed by atoms with E-state index in [0.29, 0.717) is 18.3 Å². The van der Waals surface area contributed by atoms with Crippen LogP contribution in [0.3, 0.4) is 0 Å². The lowest BCUT2D eigenvalue weighted by molar-refractivity contribution is -0.139. The van der Waals surface area contributed by atoms with Crippen molar-refractivity contribution in [1.29, 1.82) is 0 Å². The van der Waals surface area contributed by atoms with Crippen LogP contribution in [0.5, 0.6) is 5.75 Å². The smallest absolute Gasteiger partial charge is 0.310 e. The number of fused-ring (bicyclic) bond motifs is 1. The number of benzene rings is 2. The third kappa shape index (κ3) is 3.74. The van der Waals surface area contributed by atoms with E-state index in [9.17, 15) is 9.90 Å². The zero-order valence-corrected chi connectivity index (χ0v) is 16.3. The fourth-order valence-corrected chi connectivity index (χ4v) is 4.14. The highest BCUT2D eigenvalue weighted by Gasteiger charge is 2.31. The normalized spacial score (nSPS) is 17.6. The molecule has 1 atom stereocenters. The van der Waals surface area contributed by atoms with Gasteiger partial charge in [0, 0.05) is 5.56 Å². The number of hydrogen-bond acceptors (Lipinski definition) is 5. The molecule has 5 nitrogen and oxygen atoms in total. The zero-order valence-electron chi connectivity index (χ0n) is 15.5. The molecule has 0 radical (unpaired) electrons. The molecule has 6 heteroatoms. The number of rotatable bonds is 8. The Morgan fingerprint density at radius 3 is 2.61 bits per heavy atom. The van der Waals surface area contributed by atoms with Gasteiger partial charge in [-0.2, -0.15) is 8.75 Å². The average molecular weight is 394 g/mol. The summed E-state index contributed by atoms with van der Waals surface area (Å²) in [7, 11) is 0. The highest BCUT2D eigenvalue weighted by Crippen LogP contribution is 2.41. The first-order valence-electron chi connectivity index (χ1n) is 9.89. The molecular formula is C22H22N2O3S. The molecule has 2 aliphatic rings. The van der Waals surface area contributed by atoms with Crippen LogP contribution in [0.2, 0.25) is 0 Å². The van der Waals surface area contributed by atoms with Crippen LogP contribution < -0.4 is 4.74 Å². The summed E-state index contributed by atoms with van der Waals surface area (Å²) < 4.78 is 14.7. The fraction of sp³-hybridized carbons (Fsp3) is 0.409. The van der Waals surface area contributed by atoms with E-state index >= 15 is 0 Å². The number of aliphatic carboxylic acids is 1. The lowest BCUT2D eigenvalue weighted by atomic mass is 9.90. The number of ether oxygens (including phenoxy) is 1. The summed E-state index contributed by atoms with van der Waals surface area (Å²) in [4.78, 5) is 11.9. The third-order valence-corrected chi connectivity index (χ3v) is 6.26. The van der Waals surface area contributed by atoms with E-state index in [0.717, 1.165) is 52.9 Å². The molecule has 1 N–H and O–H groups in total. The van der Waals surface area contributed by atoms with E-state index < -0.39 is 11.9 Å². The molecule has 0 saturated heterocycles. The van der Waals surface area contributed by atoms with Crippen LogP contribution in [-0.4, -0.2) is 26.4 Å². The van der Waals surface area contributed by atoms with E-state index in [1.54, 1.807) is 0 Å². The maximum Gasteiger partial charge on any atom is 0.310 e. The quantitative estimate of drug-likeness (QED) is 0.574. The van der Waals surface area contributed by atoms with Crippen molar-refractivity contribution in [3.63, 3.8) is 0 Å². The Morgan fingerprint density at radius 2 is 1.86 bits per heavy atom. The first kappa shape index (κ1) is 17.6. The Hall–Kier alpha value is -2.47. The van der Waals surface area contributed by atoms with Crippen molar-refractivity contribution in [3.8, 4) is 16.9 Å². The molecule has 3 aromatic rings. The topological polar surface area (TPSA) is 72.3 Å². The van der Waals surface area contributed by atoms with E-state index in [2.05, 4.69) is 8.75 Å². The molecule has 1 unspecified atom stereocenters. The zero-order chi connectivity index (χ0) is 19.1. The van der Waals surface area contributed by atoms with Crippen molar-refractivity contribution in [1.82, 2.24) is 8.75 Å². The SMILES string of the molecule is O=C(O)C(CC1CC1)c1ccc(OCC2CC2)c(-c2ccc3nsnc3c2)c1. The van der Waals surface area contributed by atoms with Crippen molar-refractivity contribution >= 4 is 28.7 Å².